The van der Waals surface area contributed by atoms with Crippen molar-refractivity contribution in [2.24, 2.45) is 5.73 Å². The second kappa shape index (κ2) is 6.16. The molecule has 3 heteroatoms. The Kier molecular flexibility index (Phi) is 4.31. The molecule has 0 aromatic heterocycles. The van der Waals surface area contributed by atoms with Gasteiger partial charge in [0.1, 0.15) is 6.04 Å². The number of benzene rings is 2. The lowest BCUT2D eigenvalue weighted by atomic mass is 10.0. The maximum Gasteiger partial charge on any atom is 0.322 e. The fraction of sp³-hybridized carbons (Fsp3) is 0.188. The second-order valence-electron chi connectivity index (χ2n) is 4.40. The summed E-state index contributed by atoms with van der Waals surface area (Å²) in [5.41, 5.74) is 9.08. The van der Waals surface area contributed by atoms with Gasteiger partial charge in [-0.05, 0) is 23.1 Å². The van der Waals surface area contributed by atoms with Crippen LogP contribution in [0.5, 0.6) is 0 Å². The van der Waals surface area contributed by atoms with Crippen LogP contribution in [-0.4, -0.2) is 19.1 Å². The first-order valence-electron chi connectivity index (χ1n) is 6.18. The number of hydrogen-bond donors (Lipinski definition) is 1. The molecule has 2 N–H and O–H groups in total. The largest absolute Gasteiger partial charge is 0.468 e. The number of ether oxygens (including phenoxy) is 1. The van der Waals surface area contributed by atoms with E-state index in [-0.39, 0.29) is 5.97 Å². The minimum absolute atomic E-state index is 0.382. The molecule has 0 amide bonds. The van der Waals surface area contributed by atoms with Crippen LogP contribution in [-0.2, 0) is 16.0 Å². The molecule has 0 aliphatic heterocycles. The van der Waals surface area contributed by atoms with E-state index in [4.69, 9.17) is 5.73 Å². The molecule has 0 aliphatic carbocycles. The van der Waals surface area contributed by atoms with Crippen molar-refractivity contribution in [3.8, 4) is 11.1 Å². The van der Waals surface area contributed by atoms with Crippen LogP contribution < -0.4 is 5.73 Å². The molecule has 0 aliphatic rings. The van der Waals surface area contributed by atoms with E-state index >= 15 is 0 Å². The topological polar surface area (TPSA) is 52.3 Å². The molecule has 98 valence electrons. The summed E-state index contributed by atoms with van der Waals surface area (Å²) in [6.45, 7) is 0. The minimum Gasteiger partial charge on any atom is -0.468 e. The normalized spacial score (nSPS) is 11.9. The van der Waals surface area contributed by atoms with E-state index in [1.54, 1.807) is 0 Å². The van der Waals surface area contributed by atoms with Gasteiger partial charge in [-0.1, -0.05) is 54.6 Å². The Bertz CT molecular complexity index is 534. The lowest BCUT2D eigenvalue weighted by Crippen LogP contribution is -2.33. The molecule has 0 heterocycles. The molecule has 3 nitrogen and oxygen atoms in total. The molecule has 2 aromatic rings. The van der Waals surface area contributed by atoms with Gasteiger partial charge in [0.15, 0.2) is 0 Å². The molecule has 0 radical (unpaired) electrons. The van der Waals surface area contributed by atoms with Gasteiger partial charge >= 0.3 is 5.97 Å². The zero-order valence-electron chi connectivity index (χ0n) is 10.9. The lowest BCUT2D eigenvalue weighted by molar-refractivity contribution is -0.142. The van der Waals surface area contributed by atoms with E-state index in [2.05, 4.69) is 16.9 Å². The number of rotatable bonds is 4. The zero-order chi connectivity index (χ0) is 13.7. The first-order valence-corrected chi connectivity index (χ1v) is 6.18. The van der Waals surface area contributed by atoms with Gasteiger partial charge in [-0.15, -0.1) is 0 Å². The Hall–Kier alpha value is -2.13. The van der Waals surface area contributed by atoms with Crippen LogP contribution in [0.15, 0.2) is 54.6 Å². The highest BCUT2D eigenvalue weighted by atomic mass is 16.5. The van der Waals surface area contributed by atoms with Gasteiger partial charge in [0.2, 0.25) is 0 Å². The molecule has 0 bridgehead atoms. The fourth-order valence-electron chi connectivity index (χ4n) is 1.95. The third-order valence-corrected chi connectivity index (χ3v) is 3.02. The third-order valence-electron chi connectivity index (χ3n) is 3.02. The molecular weight excluding hydrogens is 238 g/mol. The lowest BCUT2D eigenvalue weighted by Gasteiger charge is -2.09. The summed E-state index contributed by atoms with van der Waals surface area (Å²) in [4.78, 5) is 11.3. The van der Waals surface area contributed by atoms with Crippen LogP contribution >= 0.6 is 0 Å². The predicted molar refractivity (Wildman–Crippen MR) is 75.6 cm³/mol. The Morgan fingerprint density at radius 2 is 1.63 bits per heavy atom. The number of hydrogen-bond acceptors (Lipinski definition) is 3. The first kappa shape index (κ1) is 13.3. The highest BCUT2D eigenvalue weighted by molar-refractivity contribution is 5.75. The maximum absolute atomic E-state index is 11.3. The van der Waals surface area contributed by atoms with Crippen molar-refractivity contribution in [3.63, 3.8) is 0 Å². The molecule has 1 unspecified atom stereocenters. The summed E-state index contributed by atoms with van der Waals surface area (Å²) < 4.78 is 4.61. The number of esters is 1. The van der Waals surface area contributed by atoms with Gasteiger partial charge in [0, 0.05) is 0 Å². The van der Waals surface area contributed by atoms with Crippen LogP contribution in [0.3, 0.4) is 0 Å². The van der Waals surface area contributed by atoms with Crippen molar-refractivity contribution in [2.75, 3.05) is 7.11 Å². The number of methoxy groups -OCH3 is 1. The Morgan fingerprint density at radius 1 is 1.05 bits per heavy atom. The summed E-state index contributed by atoms with van der Waals surface area (Å²) >= 11 is 0. The summed E-state index contributed by atoms with van der Waals surface area (Å²) in [5.74, 6) is -0.382. The van der Waals surface area contributed by atoms with E-state index in [1.807, 2.05) is 42.5 Å². The molecule has 2 rings (SSSR count). The molecule has 2 aromatic carbocycles. The summed E-state index contributed by atoms with van der Waals surface area (Å²) in [7, 11) is 1.35. The first-order chi connectivity index (χ1) is 9.20. The molecule has 19 heavy (non-hydrogen) atoms. The highest BCUT2D eigenvalue weighted by Gasteiger charge is 2.13. The average molecular weight is 255 g/mol. The number of carbonyl (C=O) groups is 1. The SMILES string of the molecule is COC(=O)C(N)Cc1ccc(-c2ccccc2)cc1. The molecule has 0 saturated carbocycles. The Balaban J connectivity index is 2.09. The van der Waals surface area contributed by atoms with Crippen LogP contribution in [0.1, 0.15) is 5.56 Å². The molecule has 1 atom stereocenters. The summed E-state index contributed by atoms with van der Waals surface area (Å²) in [6.07, 6.45) is 0.488. The quantitative estimate of drug-likeness (QED) is 0.853. The Morgan fingerprint density at radius 3 is 2.21 bits per heavy atom. The predicted octanol–water partition coefficient (Wildman–Crippen LogP) is 2.40. The van der Waals surface area contributed by atoms with Crippen molar-refractivity contribution < 1.29 is 9.53 Å². The smallest absolute Gasteiger partial charge is 0.322 e. The van der Waals surface area contributed by atoms with Gasteiger partial charge < -0.3 is 10.5 Å². The van der Waals surface area contributed by atoms with Crippen LogP contribution in [0.4, 0.5) is 0 Å². The van der Waals surface area contributed by atoms with E-state index in [9.17, 15) is 4.79 Å². The van der Waals surface area contributed by atoms with E-state index in [0.29, 0.717) is 6.42 Å². The van der Waals surface area contributed by atoms with Crippen molar-refractivity contribution in [2.45, 2.75) is 12.5 Å². The number of nitrogens with two attached hydrogens (primary N) is 1. The summed E-state index contributed by atoms with van der Waals surface area (Å²) in [6, 6.07) is 17.6. The highest BCUT2D eigenvalue weighted by Crippen LogP contribution is 2.19. The van der Waals surface area contributed by atoms with Gasteiger partial charge in [0.05, 0.1) is 7.11 Å². The zero-order valence-corrected chi connectivity index (χ0v) is 10.9. The van der Waals surface area contributed by atoms with Gasteiger partial charge in [-0.2, -0.15) is 0 Å². The van der Waals surface area contributed by atoms with Crippen molar-refractivity contribution in [3.05, 3.63) is 60.2 Å². The van der Waals surface area contributed by atoms with Crippen molar-refractivity contribution in [1.82, 2.24) is 0 Å². The Labute approximate surface area is 113 Å². The monoisotopic (exact) mass is 255 g/mol. The second-order valence-corrected chi connectivity index (χ2v) is 4.40. The third kappa shape index (κ3) is 3.42. The van der Waals surface area contributed by atoms with Crippen LogP contribution in [0.2, 0.25) is 0 Å². The van der Waals surface area contributed by atoms with Gasteiger partial charge in [-0.25, -0.2) is 0 Å². The minimum atomic E-state index is -0.604. The van der Waals surface area contributed by atoms with E-state index < -0.39 is 6.04 Å². The molecule has 0 saturated heterocycles. The maximum atomic E-state index is 11.3. The van der Waals surface area contributed by atoms with Crippen molar-refractivity contribution in [1.29, 1.82) is 0 Å². The van der Waals surface area contributed by atoms with Crippen LogP contribution in [0.25, 0.3) is 11.1 Å². The van der Waals surface area contributed by atoms with E-state index in [0.717, 1.165) is 11.1 Å². The number of carbonyl (C=O) groups excluding carboxylic acids is 1. The van der Waals surface area contributed by atoms with Gasteiger partial charge in [-0.3, -0.25) is 4.79 Å². The standard InChI is InChI=1S/C16H17NO2/c1-19-16(18)15(17)11-12-7-9-14(10-8-12)13-5-3-2-4-6-13/h2-10,15H,11,17H2,1H3. The van der Waals surface area contributed by atoms with Gasteiger partial charge in [0.25, 0.3) is 0 Å². The van der Waals surface area contributed by atoms with Crippen LogP contribution in [0, 0.1) is 0 Å². The molecular formula is C16H17NO2. The van der Waals surface area contributed by atoms with E-state index in [1.165, 1.54) is 12.7 Å². The fourth-order valence-corrected chi connectivity index (χ4v) is 1.95. The molecule has 0 fully saturated rings. The summed E-state index contributed by atoms with van der Waals surface area (Å²) in [5, 5.41) is 0. The van der Waals surface area contributed by atoms with Crippen molar-refractivity contribution >= 4 is 5.97 Å². The average Bonchev–Trinajstić information content (AvgIpc) is 2.48. The molecule has 0 spiro atoms.